The van der Waals surface area contributed by atoms with E-state index in [4.69, 9.17) is 15.9 Å². The van der Waals surface area contributed by atoms with Crippen molar-refractivity contribution in [2.24, 2.45) is 5.73 Å². The van der Waals surface area contributed by atoms with Gasteiger partial charge in [0.2, 0.25) is 5.91 Å². The molecule has 37 heavy (non-hydrogen) atoms. The molecule has 0 aliphatic carbocycles. The fourth-order valence-corrected chi connectivity index (χ4v) is 4.10. The second-order valence-corrected chi connectivity index (χ2v) is 8.61. The summed E-state index contributed by atoms with van der Waals surface area (Å²) in [6, 6.07) is 19.1. The summed E-state index contributed by atoms with van der Waals surface area (Å²) in [6.07, 6.45) is 4.95. The third-order valence-corrected chi connectivity index (χ3v) is 6.03. The van der Waals surface area contributed by atoms with Crippen molar-refractivity contribution in [3.63, 3.8) is 0 Å². The number of primary amides is 1. The zero-order valence-corrected chi connectivity index (χ0v) is 22.9. The van der Waals surface area contributed by atoms with E-state index in [0.29, 0.717) is 22.8 Å². The predicted molar refractivity (Wildman–Crippen MR) is 156 cm³/mol. The number of rotatable bonds is 7. The van der Waals surface area contributed by atoms with Gasteiger partial charge in [-0.2, -0.15) is 0 Å². The molecule has 1 aliphatic rings. The number of carbonyl (C=O) groups excluding carboxylic acids is 1. The number of piperidine rings is 1. The molecular formula is C31H42N4O2. The smallest absolute Gasteiger partial charge is 0.248 e. The predicted octanol–water partition coefficient (Wildman–Crippen LogP) is 7.02. The van der Waals surface area contributed by atoms with Crippen LogP contribution in [0.1, 0.15) is 68.4 Å². The summed E-state index contributed by atoms with van der Waals surface area (Å²) in [7, 11) is 1.83. The Balaban J connectivity index is 0.000000519. The molecule has 0 saturated carbocycles. The van der Waals surface area contributed by atoms with Crippen molar-refractivity contribution in [1.29, 1.82) is 5.41 Å². The molecule has 198 valence electrons. The molecule has 1 aliphatic heterocycles. The highest BCUT2D eigenvalue weighted by molar-refractivity contribution is 6.01. The van der Waals surface area contributed by atoms with Crippen LogP contribution in [0.3, 0.4) is 0 Å². The van der Waals surface area contributed by atoms with Crippen LogP contribution in [0.25, 0.3) is 11.1 Å². The Morgan fingerprint density at radius 2 is 1.59 bits per heavy atom. The van der Waals surface area contributed by atoms with Crippen LogP contribution in [0, 0.1) is 5.41 Å². The van der Waals surface area contributed by atoms with Crippen LogP contribution < -0.4 is 21.1 Å². The van der Waals surface area contributed by atoms with Gasteiger partial charge in [-0.1, -0.05) is 51.5 Å². The zero-order chi connectivity index (χ0) is 27.2. The maximum absolute atomic E-state index is 11.6. The minimum absolute atomic E-state index is 0.408. The third kappa shape index (κ3) is 8.76. The number of carbonyl (C=O) groups is 1. The van der Waals surface area contributed by atoms with Crippen molar-refractivity contribution in [2.75, 3.05) is 25.5 Å². The second kappa shape index (κ2) is 15.5. The second-order valence-electron chi connectivity index (χ2n) is 8.61. The Kier molecular flexibility index (Phi) is 12.4. The average Bonchev–Trinajstić information content (AvgIpc) is 2.95. The molecule has 1 heterocycles. The van der Waals surface area contributed by atoms with Crippen LogP contribution in [-0.2, 0) is 6.42 Å². The van der Waals surface area contributed by atoms with Gasteiger partial charge in [0.05, 0.1) is 0 Å². The number of aryl methyl sites for hydroxylation is 1. The Bertz CT molecular complexity index is 1160. The van der Waals surface area contributed by atoms with E-state index in [0.717, 1.165) is 34.4 Å². The van der Waals surface area contributed by atoms with Gasteiger partial charge in [0, 0.05) is 35.6 Å². The number of ether oxygens (including phenoxy) is 1. The lowest BCUT2D eigenvalue weighted by atomic mass is 9.97. The number of benzene rings is 3. The highest BCUT2D eigenvalue weighted by atomic mass is 16.5. The standard InChI is InChI=1S/C24H25N3O2.C5H11N.C2H6/c1-4-16-12-18(8-10-22(16)24(26)28)17-6-5-7-19(13-17)29-20-9-11-21(15(2)25)23(14-20)27-3;1-2-4-6-5-3-1;1-2/h5-14,25,27H,4H2,1-3H3,(H2,26,28);6H,1-5H2;1-2H3. The van der Waals surface area contributed by atoms with E-state index in [1.165, 1.54) is 32.4 Å². The van der Waals surface area contributed by atoms with Crippen LogP contribution in [0.4, 0.5) is 5.69 Å². The molecule has 0 spiro atoms. The normalized spacial score (nSPS) is 12.2. The first-order valence-corrected chi connectivity index (χ1v) is 13.2. The van der Waals surface area contributed by atoms with Crippen LogP contribution in [0.5, 0.6) is 11.5 Å². The minimum Gasteiger partial charge on any atom is -0.457 e. The number of anilines is 1. The molecule has 1 fully saturated rings. The number of amides is 1. The van der Waals surface area contributed by atoms with Crippen LogP contribution >= 0.6 is 0 Å². The lowest BCUT2D eigenvalue weighted by Gasteiger charge is -2.13. The summed E-state index contributed by atoms with van der Waals surface area (Å²) in [6.45, 7) is 10.3. The average molecular weight is 503 g/mol. The summed E-state index contributed by atoms with van der Waals surface area (Å²) in [4.78, 5) is 11.6. The largest absolute Gasteiger partial charge is 0.457 e. The molecule has 0 radical (unpaired) electrons. The molecule has 0 atom stereocenters. The zero-order valence-electron chi connectivity index (χ0n) is 22.9. The lowest BCUT2D eigenvalue weighted by molar-refractivity contribution is 0.0999. The van der Waals surface area contributed by atoms with Crippen molar-refractivity contribution >= 4 is 17.3 Å². The van der Waals surface area contributed by atoms with Crippen LogP contribution in [0.15, 0.2) is 60.7 Å². The van der Waals surface area contributed by atoms with Crippen molar-refractivity contribution in [3.8, 4) is 22.6 Å². The Hall–Kier alpha value is -3.64. The fourth-order valence-electron chi connectivity index (χ4n) is 4.10. The van der Waals surface area contributed by atoms with E-state index in [-0.39, 0.29) is 0 Å². The molecule has 1 saturated heterocycles. The highest BCUT2D eigenvalue weighted by Gasteiger charge is 2.10. The molecule has 6 heteroatoms. The first kappa shape index (κ1) is 29.6. The SMILES string of the molecule is C1CCNCC1.CC.CCc1cc(-c2cccc(Oc3ccc(C(C)=N)c(NC)c3)c2)ccc1C(N)=O. The number of hydrogen-bond donors (Lipinski definition) is 4. The number of nitrogens with two attached hydrogens (primary N) is 1. The highest BCUT2D eigenvalue weighted by Crippen LogP contribution is 2.31. The molecule has 0 aromatic heterocycles. The topological polar surface area (TPSA) is 100 Å². The van der Waals surface area contributed by atoms with Gasteiger partial charge < -0.3 is 26.5 Å². The van der Waals surface area contributed by atoms with Gasteiger partial charge in [0.1, 0.15) is 11.5 Å². The summed E-state index contributed by atoms with van der Waals surface area (Å²) < 4.78 is 6.05. The number of hydrogen-bond acceptors (Lipinski definition) is 5. The molecule has 6 nitrogen and oxygen atoms in total. The lowest BCUT2D eigenvalue weighted by Crippen LogP contribution is -2.21. The van der Waals surface area contributed by atoms with Gasteiger partial charge in [-0.15, -0.1) is 0 Å². The third-order valence-electron chi connectivity index (χ3n) is 6.03. The molecule has 0 bridgehead atoms. The Morgan fingerprint density at radius 3 is 2.14 bits per heavy atom. The van der Waals surface area contributed by atoms with Gasteiger partial charge in [-0.25, -0.2) is 0 Å². The quantitative estimate of drug-likeness (QED) is 0.261. The maximum Gasteiger partial charge on any atom is 0.248 e. The van der Waals surface area contributed by atoms with Crippen molar-refractivity contribution in [3.05, 3.63) is 77.4 Å². The molecule has 1 amide bonds. The molecule has 3 aromatic carbocycles. The summed E-state index contributed by atoms with van der Waals surface area (Å²) in [5.74, 6) is 0.991. The summed E-state index contributed by atoms with van der Waals surface area (Å²) in [5, 5.41) is 14.3. The molecular weight excluding hydrogens is 460 g/mol. The molecule has 3 aromatic rings. The minimum atomic E-state index is -0.408. The first-order chi connectivity index (χ1) is 17.9. The first-order valence-electron chi connectivity index (χ1n) is 13.2. The van der Waals surface area contributed by atoms with Gasteiger partial charge in [-0.05, 0) is 86.3 Å². The monoisotopic (exact) mass is 502 g/mol. The van der Waals surface area contributed by atoms with E-state index < -0.39 is 5.91 Å². The van der Waals surface area contributed by atoms with Gasteiger partial charge in [-0.3, -0.25) is 4.79 Å². The summed E-state index contributed by atoms with van der Waals surface area (Å²) >= 11 is 0. The summed E-state index contributed by atoms with van der Waals surface area (Å²) in [5.41, 5.74) is 11.1. The van der Waals surface area contributed by atoms with E-state index in [9.17, 15) is 4.79 Å². The van der Waals surface area contributed by atoms with Crippen molar-refractivity contribution < 1.29 is 9.53 Å². The molecule has 4 rings (SSSR count). The van der Waals surface area contributed by atoms with Crippen LogP contribution in [0.2, 0.25) is 0 Å². The van der Waals surface area contributed by atoms with Crippen molar-refractivity contribution in [2.45, 2.75) is 53.4 Å². The Morgan fingerprint density at radius 1 is 0.946 bits per heavy atom. The van der Waals surface area contributed by atoms with E-state index in [1.807, 2.05) is 82.4 Å². The van der Waals surface area contributed by atoms with Gasteiger partial charge in [0.15, 0.2) is 0 Å². The van der Waals surface area contributed by atoms with E-state index in [1.54, 1.807) is 13.0 Å². The molecule has 0 unspecified atom stereocenters. The van der Waals surface area contributed by atoms with E-state index in [2.05, 4.69) is 10.6 Å². The van der Waals surface area contributed by atoms with Crippen LogP contribution in [-0.4, -0.2) is 31.8 Å². The number of nitrogens with one attached hydrogen (secondary N) is 3. The Labute approximate surface area is 222 Å². The molecule has 5 N–H and O–H groups in total. The van der Waals surface area contributed by atoms with Gasteiger partial charge >= 0.3 is 0 Å². The van der Waals surface area contributed by atoms with Gasteiger partial charge in [0.25, 0.3) is 0 Å². The maximum atomic E-state index is 11.6. The van der Waals surface area contributed by atoms with E-state index >= 15 is 0 Å². The fraction of sp³-hybridized carbons (Fsp3) is 0.355. The van der Waals surface area contributed by atoms with Crippen molar-refractivity contribution in [1.82, 2.24) is 5.32 Å².